The number of nitrogens with one attached hydrogen (secondary N) is 1. The molecule has 6 heteroatoms. The number of halogens is 3. The van der Waals surface area contributed by atoms with E-state index < -0.39 is 6.61 Å². The molecular weight excluding hydrogens is 332 g/mol. The maximum absolute atomic E-state index is 12.4. The first-order valence-electron chi connectivity index (χ1n) is 6.74. The summed E-state index contributed by atoms with van der Waals surface area (Å²) in [6.07, 6.45) is 3.87. The van der Waals surface area contributed by atoms with E-state index in [0.29, 0.717) is 18.7 Å². The predicted octanol–water partition coefficient (Wildman–Crippen LogP) is 3.46. The molecule has 3 atom stereocenters. The lowest BCUT2D eigenvalue weighted by Gasteiger charge is -2.21. The van der Waals surface area contributed by atoms with Crippen LogP contribution in [0.1, 0.15) is 24.8 Å². The molecule has 2 aliphatic rings. The lowest BCUT2D eigenvalue weighted by Crippen LogP contribution is -2.37. The first-order chi connectivity index (χ1) is 9.61. The lowest BCUT2D eigenvalue weighted by molar-refractivity contribution is -0.0505. The van der Waals surface area contributed by atoms with Crippen molar-refractivity contribution in [3.63, 3.8) is 0 Å². The number of alkyl halides is 2. The summed E-state index contributed by atoms with van der Waals surface area (Å²) >= 11 is 3.35. The Labute approximate surface area is 124 Å². The quantitative estimate of drug-likeness (QED) is 0.884. The van der Waals surface area contributed by atoms with Crippen molar-refractivity contribution in [3.8, 4) is 5.75 Å². The Kier molecular flexibility index (Phi) is 4.23. The van der Waals surface area contributed by atoms with Gasteiger partial charge in [-0.25, -0.2) is 0 Å². The van der Waals surface area contributed by atoms with Crippen LogP contribution in [-0.4, -0.2) is 24.9 Å². The van der Waals surface area contributed by atoms with Crippen molar-refractivity contribution in [1.29, 1.82) is 0 Å². The first kappa shape index (κ1) is 14.2. The van der Waals surface area contributed by atoms with Crippen LogP contribution < -0.4 is 10.1 Å². The molecule has 0 aromatic heterocycles. The molecule has 2 bridgehead atoms. The molecule has 3 unspecified atom stereocenters. The molecule has 0 saturated carbocycles. The van der Waals surface area contributed by atoms with Gasteiger partial charge < -0.3 is 14.8 Å². The van der Waals surface area contributed by atoms with E-state index >= 15 is 0 Å². The molecule has 2 saturated heterocycles. The Balaban J connectivity index is 1.65. The average Bonchev–Trinajstić information content (AvgIpc) is 3.00. The Morgan fingerprint density at radius 2 is 2.25 bits per heavy atom. The molecule has 0 spiro atoms. The zero-order chi connectivity index (χ0) is 14.1. The van der Waals surface area contributed by atoms with E-state index in [0.717, 1.165) is 29.3 Å². The molecule has 20 heavy (non-hydrogen) atoms. The van der Waals surface area contributed by atoms with Crippen LogP contribution in [0.15, 0.2) is 22.7 Å². The van der Waals surface area contributed by atoms with E-state index in [1.54, 1.807) is 18.2 Å². The molecule has 110 valence electrons. The van der Waals surface area contributed by atoms with E-state index in [-0.39, 0.29) is 11.9 Å². The van der Waals surface area contributed by atoms with Crippen molar-refractivity contribution in [2.75, 3.05) is 0 Å². The Bertz CT molecular complexity index is 486. The van der Waals surface area contributed by atoms with Crippen LogP contribution in [-0.2, 0) is 11.3 Å². The molecule has 3 rings (SSSR count). The van der Waals surface area contributed by atoms with Crippen LogP contribution in [0.5, 0.6) is 5.75 Å². The second-order valence-electron chi connectivity index (χ2n) is 5.23. The number of fused-ring (bicyclic) bond motifs is 2. The third-order valence-corrected chi connectivity index (χ3v) is 4.39. The summed E-state index contributed by atoms with van der Waals surface area (Å²) in [5.74, 6) is 0.222. The van der Waals surface area contributed by atoms with Crippen molar-refractivity contribution in [1.82, 2.24) is 5.32 Å². The second kappa shape index (κ2) is 5.95. The van der Waals surface area contributed by atoms with Gasteiger partial charge in [-0.2, -0.15) is 8.78 Å². The topological polar surface area (TPSA) is 30.5 Å². The first-order valence-corrected chi connectivity index (χ1v) is 7.53. The average molecular weight is 348 g/mol. The molecule has 0 amide bonds. The predicted molar refractivity (Wildman–Crippen MR) is 73.9 cm³/mol. The fourth-order valence-electron chi connectivity index (χ4n) is 2.99. The summed E-state index contributed by atoms with van der Waals surface area (Å²) < 4.78 is 35.9. The molecule has 3 nitrogen and oxygen atoms in total. The number of ether oxygens (including phenoxy) is 2. The molecule has 1 aromatic rings. The SMILES string of the molecule is FC(F)Oc1ccc(Br)cc1CNC1CC2CCC1O2. The van der Waals surface area contributed by atoms with E-state index in [1.807, 2.05) is 0 Å². The van der Waals surface area contributed by atoms with Gasteiger partial charge in [-0.1, -0.05) is 15.9 Å². The number of hydrogen-bond acceptors (Lipinski definition) is 3. The molecular formula is C14H16BrF2NO2. The zero-order valence-electron chi connectivity index (χ0n) is 10.8. The minimum Gasteiger partial charge on any atom is -0.434 e. The molecule has 0 radical (unpaired) electrons. The highest BCUT2D eigenvalue weighted by Gasteiger charge is 2.40. The van der Waals surface area contributed by atoms with Gasteiger partial charge in [0.1, 0.15) is 5.75 Å². The molecule has 1 aromatic carbocycles. The van der Waals surface area contributed by atoms with Crippen molar-refractivity contribution < 1.29 is 18.3 Å². The lowest BCUT2D eigenvalue weighted by atomic mass is 9.95. The maximum atomic E-state index is 12.4. The van der Waals surface area contributed by atoms with E-state index in [9.17, 15) is 8.78 Å². The Morgan fingerprint density at radius 1 is 1.40 bits per heavy atom. The standard InChI is InChI=1S/C14H16BrF2NO2/c15-9-1-3-12(20-14(16)17)8(5-9)7-18-11-6-10-2-4-13(11)19-10/h1,3,5,10-11,13-14,18H,2,4,6-7H2. The highest BCUT2D eigenvalue weighted by atomic mass is 79.9. The maximum Gasteiger partial charge on any atom is 0.387 e. The zero-order valence-corrected chi connectivity index (χ0v) is 12.4. The number of rotatable bonds is 5. The highest BCUT2D eigenvalue weighted by Crippen LogP contribution is 2.34. The minimum absolute atomic E-state index is 0.222. The van der Waals surface area contributed by atoms with Gasteiger partial charge in [0.05, 0.1) is 12.2 Å². The van der Waals surface area contributed by atoms with Crippen LogP contribution in [0.3, 0.4) is 0 Å². The van der Waals surface area contributed by atoms with Crippen LogP contribution in [0.4, 0.5) is 8.78 Å². The summed E-state index contributed by atoms with van der Waals surface area (Å²) in [5.41, 5.74) is 0.724. The monoisotopic (exact) mass is 347 g/mol. The normalized spacial score (nSPS) is 28.3. The summed E-state index contributed by atoms with van der Waals surface area (Å²) in [7, 11) is 0. The van der Waals surface area contributed by atoms with Gasteiger partial charge in [-0.3, -0.25) is 0 Å². The van der Waals surface area contributed by atoms with E-state index in [1.165, 1.54) is 0 Å². The van der Waals surface area contributed by atoms with Crippen molar-refractivity contribution in [2.45, 2.75) is 50.7 Å². The van der Waals surface area contributed by atoms with E-state index in [4.69, 9.17) is 4.74 Å². The molecule has 2 aliphatic heterocycles. The van der Waals surface area contributed by atoms with Crippen molar-refractivity contribution in [2.24, 2.45) is 0 Å². The molecule has 0 aliphatic carbocycles. The van der Waals surface area contributed by atoms with Gasteiger partial charge in [-0.05, 0) is 37.5 Å². The van der Waals surface area contributed by atoms with Crippen molar-refractivity contribution in [3.05, 3.63) is 28.2 Å². The van der Waals surface area contributed by atoms with Crippen molar-refractivity contribution >= 4 is 15.9 Å². The largest absolute Gasteiger partial charge is 0.434 e. The number of hydrogen-bond donors (Lipinski definition) is 1. The van der Waals surface area contributed by atoms with Gasteiger partial charge in [0.2, 0.25) is 0 Å². The van der Waals surface area contributed by atoms with Crippen LogP contribution in [0.2, 0.25) is 0 Å². The summed E-state index contributed by atoms with van der Waals surface area (Å²) in [6, 6.07) is 5.37. The second-order valence-corrected chi connectivity index (χ2v) is 6.14. The minimum atomic E-state index is -2.80. The summed E-state index contributed by atoms with van der Waals surface area (Å²) in [5, 5.41) is 3.40. The summed E-state index contributed by atoms with van der Waals surface area (Å²) in [4.78, 5) is 0. The van der Waals surface area contributed by atoms with Crippen LogP contribution >= 0.6 is 15.9 Å². The third-order valence-electron chi connectivity index (χ3n) is 3.90. The smallest absolute Gasteiger partial charge is 0.387 e. The highest BCUT2D eigenvalue weighted by molar-refractivity contribution is 9.10. The molecule has 2 fully saturated rings. The fourth-order valence-corrected chi connectivity index (χ4v) is 3.40. The molecule has 2 heterocycles. The van der Waals surface area contributed by atoms with Gasteiger partial charge in [0, 0.05) is 22.6 Å². The summed E-state index contributed by atoms with van der Waals surface area (Å²) in [6.45, 7) is -2.31. The van der Waals surface area contributed by atoms with Gasteiger partial charge in [-0.15, -0.1) is 0 Å². The molecule has 1 N–H and O–H groups in total. The van der Waals surface area contributed by atoms with Crippen LogP contribution in [0, 0.1) is 0 Å². The third kappa shape index (κ3) is 3.13. The van der Waals surface area contributed by atoms with Gasteiger partial charge in [0.15, 0.2) is 0 Å². The Morgan fingerprint density at radius 3 is 2.90 bits per heavy atom. The van der Waals surface area contributed by atoms with Gasteiger partial charge >= 0.3 is 6.61 Å². The fraction of sp³-hybridized carbons (Fsp3) is 0.571. The Hall–Kier alpha value is -0.720. The van der Waals surface area contributed by atoms with Crippen LogP contribution in [0.25, 0.3) is 0 Å². The van der Waals surface area contributed by atoms with E-state index in [2.05, 4.69) is 26.0 Å². The number of benzene rings is 1. The van der Waals surface area contributed by atoms with Gasteiger partial charge in [0.25, 0.3) is 0 Å².